The predicted octanol–water partition coefficient (Wildman–Crippen LogP) is 6.46. The SMILES string of the molecule is COc1cc(/C=N\NC(=O)CSc2nc3sc4c(c3c(=O)n2-c2ccc(C)cc2)CCCC4)ccc1OCc1ccccc1. The van der Waals surface area contributed by atoms with Crippen LogP contribution in [0.1, 0.15) is 40.0 Å². The summed E-state index contributed by atoms with van der Waals surface area (Å²) in [4.78, 5) is 33.6. The molecular formula is C34H32N4O4S2. The summed E-state index contributed by atoms with van der Waals surface area (Å²) in [6, 6.07) is 23.1. The van der Waals surface area contributed by atoms with Crippen molar-refractivity contribution in [2.24, 2.45) is 5.10 Å². The lowest BCUT2D eigenvalue weighted by Crippen LogP contribution is -2.24. The van der Waals surface area contributed by atoms with Crippen molar-refractivity contribution >= 4 is 45.4 Å². The van der Waals surface area contributed by atoms with E-state index in [1.165, 1.54) is 16.6 Å². The number of rotatable bonds is 10. The molecule has 44 heavy (non-hydrogen) atoms. The standard InChI is InChI=1S/C34H32N4O4S2/c1-22-12-15-25(16-13-22)38-33(40)31-26-10-6-7-11-29(26)44-32(31)36-34(38)43-21-30(39)37-35-19-24-14-17-27(28(18-24)41-2)42-20-23-8-4-3-5-9-23/h3-5,8-9,12-19H,6-7,10-11,20-21H2,1-2H3,(H,37,39)/b35-19-. The fourth-order valence-electron chi connectivity index (χ4n) is 5.16. The van der Waals surface area contributed by atoms with Crippen LogP contribution in [0.25, 0.3) is 15.9 Å². The zero-order chi connectivity index (χ0) is 30.5. The molecule has 224 valence electrons. The highest BCUT2D eigenvalue weighted by atomic mass is 32.2. The summed E-state index contributed by atoms with van der Waals surface area (Å²) in [5.41, 5.74) is 7.28. The molecule has 10 heteroatoms. The van der Waals surface area contributed by atoms with Gasteiger partial charge in [-0.25, -0.2) is 10.4 Å². The fraction of sp³-hybridized carbons (Fsp3) is 0.235. The lowest BCUT2D eigenvalue weighted by Gasteiger charge is -2.13. The Hall–Kier alpha value is -4.41. The predicted molar refractivity (Wildman–Crippen MR) is 177 cm³/mol. The molecule has 1 N–H and O–H groups in total. The number of amides is 1. The minimum absolute atomic E-state index is 0.0435. The van der Waals surface area contributed by atoms with Gasteiger partial charge in [0.05, 0.1) is 30.2 Å². The van der Waals surface area contributed by atoms with E-state index < -0.39 is 0 Å². The van der Waals surface area contributed by atoms with Crippen LogP contribution < -0.4 is 20.5 Å². The van der Waals surface area contributed by atoms with Crippen molar-refractivity contribution in [1.82, 2.24) is 15.0 Å². The molecule has 2 aromatic heterocycles. The summed E-state index contributed by atoms with van der Waals surface area (Å²) in [7, 11) is 1.58. The normalized spacial score (nSPS) is 12.8. The summed E-state index contributed by atoms with van der Waals surface area (Å²) in [6.07, 6.45) is 5.65. The quantitative estimate of drug-likeness (QED) is 0.0829. The third-order valence-electron chi connectivity index (χ3n) is 7.41. The van der Waals surface area contributed by atoms with E-state index in [0.29, 0.717) is 23.3 Å². The Labute approximate surface area is 263 Å². The summed E-state index contributed by atoms with van der Waals surface area (Å²) >= 11 is 2.83. The number of methoxy groups -OCH3 is 1. The smallest absolute Gasteiger partial charge is 0.267 e. The first kappa shape index (κ1) is 29.7. The van der Waals surface area contributed by atoms with Gasteiger partial charge in [-0.1, -0.05) is 59.8 Å². The van der Waals surface area contributed by atoms with Crippen molar-refractivity contribution in [3.8, 4) is 17.2 Å². The molecule has 0 unspecified atom stereocenters. The highest BCUT2D eigenvalue weighted by Gasteiger charge is 2.23. The largest absolute Gasteiger partial charge is 0.493 e. The number of nitrogens with one attached hydrogen (secondary N) is 1. The molecule has 6 rings (SSSR count). The van der Waals surface area contributed by atoms with Crippen LogP contribution in [0.5, 0.6) is 11.5 Å². The van der Waals surface area contributed by atoms with Crippen molar-refractivity contribution in [3.63, 3.8) is 0 Å². The van der Waals surface area contributed by atoms with E-state index in [-0.39, 0.29) is 17.2 Å². The van der Waals surface area contributed by atoms with Gasteiger partial charge in [-0.05, 0) is 79.6 Å². The topological polar surface area (TPSA) is 94.8 Å². The number of benzene rings is 3. The number of nitrogens with zero attached hydrogens (tertiary/aromatic N) is 3. The van der Waals surface area contributed by atoms with E-state index in [0.717, 1.165) is 63.8 Å². The molecule has 0 bridgehead atoms. The minimum atomic E-state index is -0.309. The number of fused-ring (bicyclic) bond motifs is 3. The van der Waals surface area contributed by atoms with Gasteiger partial charge in [0.1, 0.15) is 11.4 Å². The Bertz CT molecular complexity index is 1880. The molecule has 8 nitrogen and oxygen atoms in total. The van der Waals surface area contributed by atoms with Crippen LogP contribution in [-0.4, -0.2) is 34.5 Å². The van der Waals surface area contributed by atoms with E-state index in [1.54, 1.807) is 35.3 Å². The van der Waals surface area contributed by atoms with Crippen LogP contribution in [-0.2, 0) is 24.2 Å². The van der Waals surface area contributed by atoms with Gasteiger partial charge in [-0.15, -0.1) is 11.3 Å². The Balaban J connectivity index is 1.15. The number of hydrogen-bond donors (Lipinski definition) is 1. The number of thiophene rings is 1. The van der Waals surface area contributed by atoms with Crippen LogP contribution in [0, 0.1) is 6.92 Å². The lowest BCUT2D eigenvalue weighted by molar-refractivity contribution is -0.118. The number of carbonyl (C=O) groups excluding carboxylic acids is 1. The van der Waals surface area contributed by atoms with Gasteiger partial charge in [-0.2, -0.15) is 5.10 Å². The second-order valence-corrected chi connectivity index (χ2v) is 12.6. The second-order valence-electron chi connectivity index (χ2n) is 10.5. The highest BCUT2D eigenvalue weighted by Crippen LogP contribution is 2.35. The van der Waals surface area contributed by atoms with Crippen molar-refractivity contribution in [1.29, 1.82) is 0 Å². The molecule has 0 saturated heterocycles. The van der Waals surface area contributed by atoms with Crippen LogP contribution in [0.2, 0.25) is 0 Å². The summed E-state index contributed by atoms with van der Waals surface area (Å²) < 4.78 is 13.1. The third-order valence-corrected chi connectivity index (χ3v) is 9.53. The Morgan fingerprint density at radius 1 is 1.07 bits per heavy atom. The van der Waals surface area contributed by atoms with E-state index in [9.17, 15) is 9.59 Å². The summed E-state index contributed by atoms with van der Waals surface area (Å²) in [5.74, 6) is 0.917. The van der Waals surface area contributed by atoms with Crippen LogP contribution >= 0.6 is 23.1 Å². The molecule has 0 fully saturated rings. The minimum Gasteiger partial charge on any atom is -0.493 e. The number of aromatic nitrogens is 2. The zero-order valence-electron chi connectivity index (χ0n) is 24.5. The second kappa shape index (κ2) is 13.5. The first-order chi connectivity index (χ1) is 21.5. The van der Waals surface area contributed by atoms with Crippen molar-refractivity contribution in [2.45, 2.75) is 44.4 Å². The van der Waals surface area contributed by atoms with Gasteiger partial charge in [0.25, 0.3) is 11.5 Å². The molecule has 0 atom stereocenters. The number of hydrazone groups is 1. The van der Waals surface area contributed by atoms with E-state index in [2.05, 4.69) is 10.5 Å². The maximum Gasteiger partial charge on any atom is 0.267 e. The first-order valence-corrected chi connectivity index (χ1v) is 16.2. The number of ether oxygens (including phenoxy) is 2. The zero-order valence-corrected chi connectivity index (χ0v) is 26.2. The number of hydrogen-bond acceptors (Lipinski definition) is 8. The maximum atomic E-state index is 13.9. The molecule has 1 amide bonds. The first-order valence-electron chi connectivity index (χ1n) is 14.4. The van der Waals surface area contributed by atoms with Crippen molar-refractivity contribution in [3.05, 3.63) is 110 Å². The fourth-order valence-corrected chi connectivity index (χ4v) is 7.27. The van der Waals surface area contributed by atoms with Crippen molar-refractivity contribution < 1.29 is 14.3 Å². The van der Waals surface area contributed by atoms with Gasteiger partial charge in [-0.3, -0.25) is 14.2 Å². The molecule has 3 aromatic carbocycles. The number of carbonyl (C=O) groups is 1. The monoisotopic (exact) mass is 624 g/mol. The van der Waals surface area contributed by atoms with E-state index in [1.807, 2.05) is 73.7 Å². The molecule has 0 aliphatic heterocycles. The maximum absolute atomic E-state index is 13.9. The average molecular weight is 625 g/mol. The van der Waals surface area contributed by atoms with Gasteiger partial charge in [0.2, 0.25) is 0 Å². The Morgan fingerprint density at radius 3 is 2.66 bits per heavy atom. The van der Waals surface area contributed by atoms with Crippen LogP contribution in [0.15, 0.2) is 87.8 Å². The van der Waals surface area contributed by atoms with Gasteiger partial charge in [0, 0.05) is 4.88 Å². The summed E-state index contributed by atoms with van der Waals surface area (Å²) in [6.45, 7) is 2.43. The lowest BCUT2D eigenvalue weighted by atomic mass is 9.97. The molecule has 0 spiro atoms. The molecule has 5 aromatic rings. The van der Waals surface area contributed by atoms with Gasteiger partial charge in [0.15, 0.2) is 16.7 Å². The number of aryl methyl sites for hydroxylation is 3. The Morgan fingerprint density at radius 2 is 1.86 bits per heavy atom. The molecule has 2 heterocycles. The average Bonchev–Trinajstić information content (AvgIpc) is 3.43. The molecule has 1 aliphatic rings. The van der Waals surface area contributed by atoms with Gasteiger partial charge < -0.3 is 9.47 Å². The highest BCUT2D eigenvalue weighted by molar-refractivity contribution is 7.99. The van der Waals surface area contributed by atoms with Crippen molar-refractivity contribution in [2.75, 3.05) is 12.9 Å². The van der Waals surface area contributed by atoms with E-state index in [4.69, 9.17) is 14.5 Å². The van der Waals surface area contributed by atoms with E-state index >= 15 is 0 Å². The summed E-state index contributed by atoms with van der Waals surface area (Å²) in [5, 5.41) is 5.34. The van der Waals surface area contributed by atoms with Crippen LogP contribution in [0.3, 0.4) is 0 Å². The molecule has 0 saturated carbocycles. The molecule has 0 radical (unpaired) electrons. The third kappa shape index (κ3) is 6.56. The number of thioether (sulfide) groups is 1. The Kier molecular flexibility index (Phi) is 9.09. The molecule has 1 aliphatic carbocycles. The van der Waals surface area contributed by atoms with Gasteiger partial charge >= 0.3 is 0 Å². The van der Waals surface area contributed by atoms with Crippen LogP contribution in [0.4, 0.5) is 0 Å². The molecular weight excluding hydrogens is 593 g/mol.